The Morgan fingerprint density at radius 1 is 1.12 bits per heavy atom. The Labute approximate surface area is 189 Å². The molecule has 0 aliphatic heterocycles. The van der Waals surface area contributed by atoms with Crippen LogP contribution in [0.4, 0.5) is 5.82 Å². The second kappa shape index (κ2) is 9.81. The SMILES string of the molecule is CCOC(=O)[C@H]1C[C@@H]1c1nc(-c2ccc(NCc3cccc(C)c3)nc2)ccc1OCC. The summed E-state index contributed by atoms with van der Waals surface area (Å²) in [6.45, 7) is 7.52. The zero-order valence-electron chi connectivity index (χ0n) is 18.8. The van der Waals surface area contributed by atoms with Gasteiger partial charge in [0.05, 0.1) is 30.5 Å². The van der Waals surface area contributed by atoms with Crippen molar-refractivity contribution < 1.29 is 14.3 Å². The number of hydrogen-bond donors (Lipinski definition) is 1. The van der Waals surface area contributed by atoms with Crippen molar-refractivity contribution in [3.8, 4) is 17.0 Å². The van der Waals surface area contributed by atoms with E-state index in [1.165, 1.54) is 11.1 Å². The van der Waals surface area contributed by atoms with Crippen LogP contribution in [0.3, 0.4) is 0 Å². The fourth-order valence-electron chi connectivity index (χ4n) is 3.84. The normalized spacial score (nSPS) is 17.0. The quantitative estimate of drug-likeness (QED) is 0.474. The Bertz CT molecular complexity index is 1080. The van der Waals surface area contributed by atoms with Crippen LogP contribution >= 0.6 is 0 Å². The van der Waals surface area contributed by atoms with E-state index in [1.54, 1.807) is 0 Å². The summed E-state index contributed by atoms with van der Waals surface area (Å²) in [5.74, 6) is 1.29. The van der Waals surface area contributed by atoms with Gasteiger partial charge < -0.3 is 14.8 Å². The number of carbonyl (C=O) groups excluding carboxylic acids is 1. The number of carbonyl (C=O) groups is 1. The smallest absolute Gasteiger partial charge is 0.309 e. The van der Waals surface area contributed by atoms with Crippen molar-refractivity contribution in [2.24, 2.45) is 5.92 Å². The van der Waals surface area contributed by atoms with Crippen LogP contribution in [0.1, 0.15) is 43.0 Å². The van der Waals surface area contributed by atoms with Crippen molar-refractivity contribution in [3.63, 3.8) is 0 Å². The zero-order valence-corrected chi connectivity index (χ0v) is 18.8. The van der Waals surface area contributed by atoms with Gasteiger partial charge in [0.25, 0.3) is 0 Å². The molecule has 1 aliphatic rings. The minimum Gasteiger partial charge on any atom is -0.492 e. The maximum atomic E-state index is 12.1. The van der Waals surface area contributed by atoms with Gasteiger partial charge in [-0.2, -0.15) is 0 Å². The molecule has 2 atom stereocenters. The lowest BCUT2D eigenvalue weighted by Crippen LogP contribution is -2.08. The molecular weight excluding hydrogens is 402 g/mol. The number of esters is 1. The standard InChI is InChI=1S/C26H29N3O3/c1-4-31-23-11-10-22(29-25(23)20-14-21(20)26(30)32-5-2)19-9-12-24(28-16-19)27-15-18-8-6-7-17(3)13-18/h6-13,16,20-21H,4-5,14-15H2,1-3H3,(H,27,28)/t20-,21-/m0/s1. The van der Waals surface area contributed by atoms with Crippen LogP contribution < -0.4 is 10.1 Å². The molecule has 32 heavy (non-hydrogen) atoms. The van der Waals surface area contributed by atoms with Gasteiger partial charge in [-0.15, -0.1) is 0 Å². The third-order valence-electron chi connectivity index (χ3n) is 5.53. The molecule has 1 saturated carbocycles. The van der Waals surface area contributed by atoms with Crippen LogP contribution in [-0.4, -0.2) is 29.2 Å². The van der Waals surface area contributed by atoms with Crippen molar-refractivity contribution in [1.29, 1.82) is 0 Å². The van der Waals surface area contributed by atoms with E-state index in [0.717, 1.165) is 41.5 Å². The van der Waals surface area contributed by atoms with Crippen LogP contribution in [0.25, 0.3) is 11.3 Å². The number of benzene rings is 1. The molecule has 0 amide bonds. The molecule has 0 spiro atoms. The van der Waals surface area contributed by atoms with Crippen molar-refractivity contribution in [2.45, 2.75) is 39.7 Å². The molecule has 0 bridgehead atoms. The van der Waals surface area contributed by atoms with Gasteiger partial charge in [-0.25, -0.2) is 9.97 Å². The third-order valence-corrected chi connectivity index (χ3v) is 5.53. The predicted octanol–water partition coefficient (Wildman–Crippen LogP) is 5.13. The van der Waals surface area contributed by atoms with E-state index in [9.17, 15) is 4.79 Å². The van der Waals surface area contributed by atoms with Crippen molar-refractivity contribution in [3.05, 3.63) is 71.5 Å². The summed E-state index contributed by atoms with van der Waals surface area (Å²) in [7, 11) is 0. The van der Waals surface area contributed by atoms with Crippen LogP contribution in [0.5, 0.6) is 5.75 Å². The summed E-state index contributed by atoms with van der Waals surface area (Å²) in [5.41, 5.74) is 5.02. The maximum Gasteiger partial charge on any atom is 0.309 e. The first kappa shape index (κ1) is 21.8. The lowest BCUT2D eigenvalue weighted by molar-refractivity contribution is -0.144. The van der Waals surface area contributed by atoms with Crippen LogP contribution in [-0.2, 0) is 16.1 Å². The predicted molar refractivity (Wildman–Crippen MR) is 125 cm³/mol. The van der Waals surface area contributed by atoms with Crippen molar-refractivity contribution in [1.82, 2.24) is 9.97 Å². The number of nitrogens with one attached hydrogen (secondary N) is 1. The number of nitrogens with zero attached hydrogens (tertiary/aromatic N) is 2. The molecule has 1 aromatic carbocycles. The van der Waals surface area contributed by atoms with Crippen LogP contribution in [0, 0.1) is 12.8 Å². The molecular formula is C26H29N3O3. The summed E-state index contributed by atoms with van der Waals surface area (Å²) in [4.78, 5) is 21.5. The minimum absolute atomic E-state index is 0.0405. The number of anilines is 1. The number of rotatable bonds is 9. The molecule has 166 valence electrons. The van der Waals surface area contributed by atoms with Gasteiger partial charge >= 0.3 is 5.97 Å². The molecule has 6 nitrogen and oxygen atoms in total. The van der Waals surface area contributed by atoms with Gasteiger partial charge in [-0.3, -0.25) is 4.79 Å². The van der Waals surface area contributed by atoms with Gasteiger partial charge in [0.2, 0.25) is 0 Å². The molecule has 2 heterocycles. The van der Waals surface area contributed by atoms with Gasteiger partial charge in [-0.05, 0) is 57.0 Å². The highest BCUT2D eigenvalue weighted by Crippen LogP contribution is 2.50. The van der Waals surface area contributed by atoms with Crippen LogP contribution in [0.2, 0.25) is 0 Å². The maximum absolute atomic E-state index is 12.1. The average Bonchev–Trinajstić information content (AvgIpc) is 3.60. The molecule has 3 aromatic rings. The largest absolute Gasteiger partial charge is 0.492 e. The number of pyridine rings is 2. The Morgan fingerprint density at radius 3 is 2.72 bits per heavy atom. The van der Waals surface area contributed by atoms with E-state index in [4.69, 9.17) is 14.5 Å². The molecule has 2 aromatic heterocycles. The number of aryl methyl sites for hydroxylation is 1. The van der Waals surface area contributed by atoms with Crippen molar-refractivity contribution >= 4 is 11.8 Å². The van der Waals surface area contributed by atoms with E-state index in [0.29, 0.717) is 13.2 Å². The highest BCUT2D eigenvalue weighted by Gasteiger charge is 2.47. The monoisotopic (exact) mass is 431 g/mol. The molecule has 0 radical (unpaired) electrons. The summed E-state index contributed by atoms with van der Waals surface area (Å²) in [5, 5.41) is 3.36. The minimum atomic E-state index is -0.155. The van der Waals surface area contributed by atoms with E-state index in [1.807, 2.05) is 44.3 Å². The van der Waals surface area contributed by atoms with Gasteiger partial charge in [0, 0.05) is 24.2 Å². The second-order valence-corrected chi connectivity index (χ2v) is 7.99. The summed E-state index contributed by atoms with van der Waals surface area (Å²) in [6.07, 6.45) is 2.57. The molecule has 0 unspecified atom stereocenters. The Balaban J connectivity index is 1.49. The van der Waals surface area contributed by atoms with Gasteiger partial charge in [-0.1, -0.05) is 29.8 Å². The molecule has 4 rings (SSSR count). The molecule has 0 saturated heterocycles. The van der Waals surface area contributed by atoms with E-state index in [2.05, 4.69) is 41.5 Å². The first-order valence-electron chi connectivity index (χ1n) is 11.1. The average molecular weight is 432 g/mol. The van der Waals surface area contributed by atoms with Crippen molar-refractivity contribution in [2.75, 3.05) is 18.5 Å². The zero-order chi connectivity index (χ0) is 22.5. The lowest BCUT2D eigenvalue weighted by atomic mass is 10.1. The molecule has 1 N–H and O–H groups in total. The first-order chi connectivity index (χ1) is 15.6. The third kappa shape index (κ3) is 5.07. The van der Waals surface area contributed by atoms with E-state index >= 15 is 0 Å². The van der Waals surface area contributed by atoms with Gasteiger partial charge in [0.1, 0.15) is 11.6 Å². The summed E-state index contributed by atoms with van der Waals surface area (Å²) < 4.78 is 11.0. The molecule has 1 aliphatic carbocycles. The highest BCUT2D eigenvalue weighted by molar-refractivity contribution is 5.77. The first-order valence-corrected chi connectivity index (χ1v) is 11.1. The van der Waals surface area contributed by atoms with E-state index < -0.39 is 0 Å². The topological polar surface area (TPSA) is 73.3 Å². The Kier molecular flexibility index (Phi) is 6.69. The molecule has 6 heteroatoms. The molecule has 1 fully saturated rings. The Morgan fingerprint density at radius 2 is 2.00 bits per heavy atom. The summed E-state index contributed by atoms with van der Waals surface area (Å²) >= 11 is 0. The fourth-order valence-corrected chi connectivity index (χ4v) is 3.84. The highest BCUT2D eigenvalue weighted by atomic mass is 16.5. The van der Waals surface area contributed by atoms with E-state index in [-0.39, 0.29) is 17.8 Å². The van der Waals surface area contributed by atoms with Crippen LogP contribution in [0.15, 0.2) is 54.7 Å². The second-order valence-electron chi connectivity index (χ2n) is 7.99. The van der Waals surface area contributed by atoms with Gasteiger partial charge in [0.15, 0.2) is 0 Å². The number of hydrogen-bond acceptors (Lipinski definition) is 6. The lowest BCUT2D eigenvalue weighted by Gasteiger charge is -2.12. The fraction of sp³-hybridized carbons (Fsp3) is 0.346. The Hall–Kier alpha value is -3.41. The number of ether oxygens (including phenoxy) is 2. The number of aromatic nitrogens is 2. The summed E-state index contributed by atoms with van der Waals surface area (Å²) in [6, 6.07) is 16.2.